The quantitative estimate of drug-likeness (QED) is 0.828. The van der Waals surface area contributed by atoms with Crippen LogP contribution in [0.5, 0.6) is 0 Å². The van der Waals surface area contributed by atoms with Crippen molar-refractivity contribution in [2.24, 2.45) is 5.92 Å². The second-order valence-electron chi connectivity index (χ2n) is 4.66. The summed E-state index contributed by atoms with van der Waals surface area (Å²) in [6, 6.07) is 6.67. The summed E-state index contributed by atoms with van der Waals surface area (Å²) >= 11 is 0. The lowest BCUT2D eigenvalue weighted by Crippen LogP contribution is -2.32. The first kappa shape index (κ1) is 13.0. The molecule has 3 heteroatoms. The lowest BCUT2D eigenvalue weighted by atomic mass is 10.1. The highest BCUT2D eigenvalue weighted by atomic mass is 15.1. The van der Waals surface area contributed by atoms with E-state index in [1.54, 1.807) is 0 Å². The van der Waals surface area contributed by atoms with Gasteiger partial charge in [-0.1, -0.05) is 19.9 Å². The number of aromatic nitrogens is 1. The Hall–Kier alpha value is -1.09. The largest absolute Gasteiger partial charge is 0.373 e. The van der Waals surface area contributed by atoms with Gasteiger partial charge in [-0.3, -0.25) is 4.90 Å². The molecule has 0 fully saturated rings. The van der Waals surface area contributed by atoms with E-state index < -0.39 is 0 Å². The lowest BCUT2D eigenvalue weighted by molar-refractivity contribution is 0.198. The molecular formula is C13H23N3. The maximum Gasteiger partial charge on any atom is 0.126 e. The Morgan fingerprint density at radius 1 is 1.31 bits per heavy atom. The van der Waals surface area contributed by atoms with Crippen molar-refractivity contribution in [2.75, 3.05) is 19.4 Å². The Morgan fingerprint density at radius 2 is 2.00 bits per heavy atom. The summed E-state index contributed by atoms with van der Waals surface area (Å²) in [5, 5.41) is 3.06. The van der Waals surface area contributed by atoms with E-state index in [0.29, 0.717) is 12.0 Å². The summed E-state index contributed by atoms with van der Waals surface area (Å²) in [7, 11) is 4.05. The zero-order valence-corrected chi connectivity index (χ0v) is 11.0. The number of hydrogen-bond donors (Lipinski definition) is 1. The van der Waals surface area contributed by atoms with E-state index >= 15 is 0 Å². The van der Waals surface area contributed by atoms with Gasteiger partial charge in [0, 0.05) is 19.6 Å². The topological polar surface area (TPSA) is 28.2 Å². The van der Waals surface area contributed by atoms with Gasteiger partial charge in [0.15, 0.2) is 0 Å². The molecule has 0 saturated carbocycles. The molecule has 0 bridgehead atoms. The van der Waals surface area contributed by atoms with Gasteiger partial charge in [-0.25, -0.2) is 4.98 Å². The Bertz CT molecular complexity index is 323. The van der Waals surface area contributed by atoms with Crippen LogP contribution in [0.4, 0.5) is 5.82 Å². The fourth-order valence-corrected chi connectivity index (χ4v) is 1.62. The zero-order valence-electron chi connectivity index (χ0n) is 11.0. The standard InChI is InChI=1S/C13H23N3/c1-10(2)11(3)16(5)9-12-7-6-8-13(14-4)15-12/h6-8,10-11H,9H2,1-5H3,(H,14,15). The van der Waals surface area contributed by atoms with Gasteiger partial charge in [-0.2, -0.15) is 0 Å². The van der Waals surface area contributed by atoms with Crippen molar-refractivity contribution >= 4 is 5.82 Å². The Labute approximate surface area is 98.9 Å². The van der Waals surface area contributed by atoms with E-state index in [-0.39, 0.29) is 0 Å². The van der Waals surface area contributed by atoms with Crippen molar-refractivity contribution in [1.82, 2.24) is 9.88 Å². The third-order valence-electron chi connectivity index (χ3n) is 3.13. The van der Waals surface area contributed by atoms with Crippen LogP contribution in [0.25, 0.3) is 0 Å². The number of nitrogens with one attached hydrogen (secondary N) is 1. The summed E-state index contributed by atoms with van der Waals surface area (Å²) in [6.45, 7) is 7.65. The van der Waals surface area contributed by atoms with E-state index in [1.807, 2.05) is 19.2 Å². The second-order valence-corrected chi connectivity index (χ2v) is 4.66. The highest BCUT2D eigenvalue weighted by Gasteiger charge is 2.13. The second kappa shape index (κ2) is 5.85. The van der Waals surface area contributed by atoms with Gasteiger partial charge >= 0.3 is 0 Å². The van der Waals surface area contributed by atoms with Gasteiger partial charge in [0.25, 0.3) is 0 Å². The summed E-state index contributed by atoms with van der Waals surface area (Å²) in [6.07, 6.45) is 0. The molecule has 0 spiro atoms. The van der Waals surface area contributed by atoms with Crippen LogP contribution in [0.1, 0.15) is 26.5 Å². The van der Waals surface area contributed by atoms with Gasteiger partial charge in [-0.15, -0.1) is 0 Å². The molecule has 16 heavy (non-hydrogen) atoms. The Balaban J connectivity index is 2.65. The molecule has 0 amide bonds. The zero-order chi connectivity index (χ0) is 12.1. The molecule has 1 N–H and O–H groups in total. The minimum absolute atomic E-state index is 0.569. The SMILES string of the molecule is CNc1cccc(CN(C)C(C)C(C)C)n1. The molecule has 90 valence electrons. The number of hydrogen-bond acceptors (Lipinski definition) is 3. The summed E-state index contributed by atoms with van der Waals surface area (Å²) in [5.41, 5.74) is 1.11. The smallest absolute Gasteiger partial charge is 0.126 e. The molecule has 1 aromatic heterocycles. The van der Waals surface area contributed by atoms with Crippen molar-refractivity contribution in [3.05, 3.63) is 23.9 Å². The van der Waals surface area contributed by atoms with Crippen LogP contribution >= 0.6 is 0 Å². The first-order valence-corrected chi connectivity index (χ1v) is 5.88. The van der Waals surface area contributed by atoms with Gasteiger partial charge in [0.05, 0.1) is 5.69 Å². The first-order valence-electron chi connectivity index (χ1n) is 5.88. The summed E-state index contributed by atoms with van der Waals surface area (Å²) < 4.78 is 0. The highest BCUT2D eigenvalue weighted by molar-refractivity contribution is 5.34. The summed E-state index contributed by atoms with van der Waals surface area (Å²) in [4.78, 5) is 6.86. The molecular weight excluding hydrogens is 198 g/mol. The molecule has 0 aromatic carbocycles. The van der Waals surface area contributed by atoms with Crippen LogP contribution in [0, 0.1) is 5.92 Å². The van der Waals surface area contributed by atoms with Gasteiger partial charge < -0.3 is 5.32 Å². The average molecular weight is 221 g/mol. The van der Waals surface area contributed by atoms with Crippen molar-refractivity contribution in [3.63, 3.8) is 0 Å². The van der Waals surface area contributed by atoms with Crippen LogP contribution in [0.3, 0.4) is 0 Å². The fourth-order valence-electron chi connectivity index (χ4n) is 1.62. The third kappa shape index (κ3) is 3.49. The van der Waals surface area contributed by atoms with Crippen molar-refractivity contribution < 1.29 is 0 Å². The lowest BCUT2D eigenvalue weighted by Gasteiger charge is -2.27. The number of rotatable bonds is 5. The van der Waals surface area contributed by atoms with E-state index in [9.17, 15) is 0 Å². The number of nitrogens with zero attached hydrogens (tertiary/aromatic N) is 2. The van der Waals surface area contributed by atoms with Crippen LogP contribution in [0.2, 0.25) is 0 Å². The Kier molecular flexibility index (Phi) is 4.74. The molecule has 0 aliphatic rings. The molecule has 0 aliphatic carbocycles. The minimum atomic E-state index is 0.569. The molecule has 1 rings (SSSR count). The molecule has 0 saturated heterocycles. The molecule has 1 unspecified atom stereocenters. The first-order chi connectivity index (χ1) is 7.54. The van der Waals surface area contributed by atoms with Crippen LogP contribution in [-0.2, 0) is 6.54 Å². The van der Waals surface area contributed by atoms with Crippen LogP contribution in [0.15, 0.2) is 18.2 Å². The van der Waals surface area contributed by atoms with Gasteiger partial charge in [-0.05, 0) is 32.0 Å². The van der Waals surface area contributed by atoms with E-state index in [2.05, 4.69) is 49.1 Å². The maximum atomic E-state index is 4.52. The van der Waals surface area contributed by atoms with Gasteiger partial charge in [0.1, 0.15) is 5.82 Å². The molecule has 1 atom stereocenters. The minimum Gasteiger partial charge on any atom is -0.373 e. The van der Waals surface area contributed by atoms with Crippen LogP contribution < -0.4 is 5.32 Å². The highest BCUT2D eigenvalue weighted by Crippen LogP contribution is 2.12. The Morgan fingerprint density at radius 3 is 2.56 bits per heavy atom. The normalized spacial score (nSPS) is 13.2. The van der Waals surface area contributed by atoms with E-state index in [0.717, 1.165) is 18.1 Å². The van der Waals surface area contributed by atoms with Gasteiger partial charge in [0.2, 0.25) is 0 Å². The molecule has 0 radical (unpaired) electrons. The van der Waals surface area contributed by atoms with E-state index in [4.69, 9.17) is 0 Å². The maximum absolute atomic E-state index is 4.52. The van der Waals surface area contributed by atoms with Crippen molar-refractivity contribution in [2.45, 2.75) is 33.4 Å². The number of pyridine rings is 1. The third-order valence-corrected chi connectivity index (χ3v) is 3.13. The fraction of sp³-hybridized carbons (Fsp3) is 0.615. The molecule has 3 nitrogen and oxygen atoms in total. The monoisotopic (exact) mass is 221 g/mol. The van der Waals surface area contributed by atoms with E-state index in [1.165, 1.54) is 0 Å². The molecule has 1 aromatic rings. The van der Waals surface area contributed by atoms with Crippen molar-refractivity contribution in [3.8, 4) is 0 Å². The predicted molar refractivity (Wildman–Crippen MR) is 69.6 cm³/mol. The molecule has 0 aliphatic heterocycles. The van der Waals surface area contributed by atoms with Crippen molar-refractivity contribution in [1.29, 1.82) is 0 Å². The number of anilines is 1. The summed E-state index contributed by atoms with van der Waals surface area (Å²) in [5.74, 6) is 1.60. The van der Waals surface area contributed by atoms with Crippen LogP contribution in [-0.4, -0.2) is 30.0 Å². The average Bonchev–Trinajstić information content (AvgIpc) is 2.28. The molecule has 1 heterocycles. The predicted octanol–water partition coefficient (Wildman–Crippen LogP) is 2.60.